The summed E-state index contributed by atoms with van der Waals surface area (Å²) in [6.07, 6.45) is -0.108. The summed E-state index contributed by atoms with van der Waals surface area (Å²) < 4.78 is 0. The fourth-order valence-corrected chi connectivity index (χ4v) is 5.84. The van der Waals surface area contributed by atoms with Gasteiger partial charge in [0.15, 0.2) is 0 Å². The summed E-state index contributed by atoms with van der Waals surface area (Å²) in [5.41, 5.74) is -1.77. The molecule has 4 atom stereocenters. The number of hydrogen-bond acceptors (Lipinski definition) is 5. The number of likely N-dealkylation sites (tertiary alicyclic amines) is 1. The van der Waals surface area contributed by atoms with Gasteiger partial charge in [0.1, 0.15) is 11.3 Å². The fourth-order valence-electron chi connectivity index (χ4n) is 5.10. The van der Waals surface area contributed by atoms with E-state index in [1.54, 1.807) is 32.9 Å². The van der Waals surface area contributed by atoms with Crippen molar-refractivity contribution in [2.45, 2.75) is 44.3 Å². The van der Waals surface area contributed by atoms with Crippen molar-refractivity contribution in [1.82, 2.24) is 10.2 Å². The summed E-state index contributed by atoms with van der Waals surface area (Å²) >= 11 is 18.9. The van der Waals surface area contributed by atoms with Crippen LogP contribution in [0.15, 0.2) is 36.4 Å². The molecule has 0 aromatic heterocycles. The first-order valence-electron chi connectivity index (χ1n) is 10.6. The Kier molecular flexibility index (Phi) is 6.13. The van der Waals surface area contributed by atoms with Gasteiger partial charge in [0.2, 0.25) is 11.8 Å². The Bertz CT molecular complexity index is 1190. The van der Waals surface area contributed by atoms with E-state index in [9.17, 15) is 24.6 Å². The van der Waals surface area contributed by atoms with Crippen LogP contribution in [0, 0.1) is 11.8 Å². The molecule has 0 aliphatic carbocycles. The number of amides is 2. The number of aliphatic carboxylic acids is 1. The van der Waals surface area contributed by atoms with Gasteiger partial charge in [-0.2, -0.15) is 0 Å². The summed E-state index contributed by atoms with van der Waals surface area (Å²) in [5.74, 6) is -4.55. The van der Waals surface area contributed by atoms with E-state index in [1.807, 2.05) is 0 Å². The van der Waals surface area contributed by atoms with Crippen LogP contribution in [0.5, 0.6) is 5.75 Å². The number of fused-ring (bicyclic) bond motifs is 1. The molecular formula is C24H23Cl3N2O5. The van der Waals surface area contributed by atoms with Crippen LogP contribution in [0.1, 0.15) is 37.9 Å². The van der Waals surface area contributed by atoms with Crippen LogP contribution < -0.4 is 5.32 Å². The number of carbonyl (C=O) groups is 3. The zero-order valence-corrected chi connectivity index (χ0v) is 20.9. The average Bonchev–Trinajstić information content (AvgIpc) is 3.21. The predicted molar refractivity (Wildman–Crippen MR) is 128 cm³/mol. The van der Waals surface area contributed by atoms with Gasteiger partial charge in [-0.15, -0.1) is 0 Å². The molecule has 2 aromatic carbocycles. The van der Waals surface area contributed by atoms with Crippen LogP contribution >= 0.6 is 34.8 Å². The quantitative estimate of drug-likeness (QED) is 0.402. The van der Waals surface area contributed by atoms with Gasteiger partial charge < -0.3 is 10.2 Å². The van der Waals surface area contributed by atoms with E-state index in [0.29, 0.717) is 11.1 Å². The maximum absolute atomic E-state index is 13.7. The third-order valence-corrected chi connectivity index (χ3v) is 7.52. The molecule has 0 bridgehead atoms. The minimum absolute atomic E-state index is 0.0228. The molecule has 0 spiro atoms. The maximum atomic E-state index is 13.7. The molecule has 2 aliphatic heterocycles. The summed E-state index contributed by atoms with van der Waals surface area (Å²) in [5, 5.41) is 23.7. The molecule has 7 nitrogen and oxygen atoms in total. The number of halogens is 3. The van der Waals surface area contributed by atoms with Gasteiger partial charge in [-0.1, -0.05) is 46.9 Å². The predicted octanol–water partition coefficient (Wildman–Crippen LogP) is 4.46. The highest BCUT2D eigenvalue weighted by atomic mass is 35.5. The van der Waals surface area contributed by atoms with E-state index in [0.717, 1.165) is 4.90 Å². The smallest absolute Gasteiger partial charge is 0.325 e. The molecule has 4 unspecified atom stereocenters. The number of aromatic hydroxyl groups is 1. The summed E-state index contributed by atoms with van der Waals surface area (Å²) in [6, 6.07) is 8.08. The largest absolute Gasteiger partial charge is 0.508 e. The Morgan fingerprint density at radius 3 is 2.26 bits per heavy atom. The van der Waals surface area contributed by atoms with Crippen LogP contribution in [0.4, 0.5) is 0 Å². The molecule has 180 valence electrons. The van der Waals surface area contributed by atoms with Gasteiger partial charge in [0, 0.05) is 23.0 Å². The number of nitrogens with zero attached hydrogens (tertiary/aromatic N) is 1. The van der Waals surface area contributed by atoms with Crippen molar-refractivity contribution in [2.75, 3.05) is 0 Å². The van der Waals surface area contributed by atoms with Crippen molar-refractivity contribution in [3.63, 3.8) is 0 Å². The molecule has 10 heteroatoms. The van der Waals surface area contributed by atoms with Crippen molar-refractivity contribution in [3.8, 4) is 5.75 Å². The Morgan fingerprint density at radius 1 is 1.09 bits per heavy atom. The lowest BCUT2D eigenvalue weighted by atomic mass is 9.76. The van der Waals surface area contributed by atoms with Crippen molar-refractivity contribution in [3.05, 3.63) is 62.6 Å². The Labute approximate surface area is 211 Å². The number of phenolic OH excluding ortho intramolecular Hbond substituents is 1. The first kappa shape index (κ1) is 24.8. The average molecular weight is 526 g/mol. The van der Waals surface area contributed by atoms with E-state index >= 15 is 0 Å². The third kappa shape index (κ3) is 3.85. The molecule has 0 saturated carbocycles. The number of nitrogens with one attached hydrogen (secondary N) is 1. The number of hydrogen-bond donors (Lipinski definition) is 3. The first-order valence-corrected chi connectivity index (χ1v) is 11.7. The topological polar surface area (TPSA) is 107 Å². The Morgan fingerprint density at radius 2 is 1.71 bits per heavy atom. The van der Waals surface area contributed by atoms with E-state index in [4.69, 9.17) is 34.8 Å². The maximum Gasteiger partial charge on any atom is 0.325 e. The molecule has 2 saturated heterocycles. The molecule has 3 N–H and O–H groups in total. The minimum atomic E-state index is -1.82. The number of carboxylic acid groups (broad SMARTS) is 1. The lowest BCUT2D eigenvalue weighted by Crippen LogP contribution is -2.58. The normalized spacial score (nSPS) is 26.8. The van der Waals surface area contributed by atoms with Crippen LogP contribution in [-0.4, -0.2) is 44.0 Å². The number of carbonyl (C=O) groups excluding carboxylic acids is 2. The van der Waals surface area contributed by atoms with Gasteiger partial charge in [0.25, 0.3) is 0 Å². The highest BCUT2D eigenvalue weighted by Crippen LogP contribution is 2.53. The van der Waals surface area contributed by atoms with Crippen molar-refractivity contribution in [1.29, 1.82) is 0 Å². The van der Waals surface area contributed by atoms with E-state index in [2.05, 4.69) is 5.32 Å². The lowest BCUT2D eigenvalue weighted by Gasteiger charge is -2.35. The number of rotatable bonds is 4. The first-order chi connectivity index (χ1) is 15.8. The van der Waals surface area contributed by atoms with Crippen LogP contribution in [0.2, 0.25) is 15.1 Å². The van der Waals surface area contributed by atoms with Crippen molar-refractivity contribution >= 4 is 52.6 Å². The molecule has 4 rings (SSSR count). The Balaban J connectivity index is 1.92. The third-order valence-electron chi connectivity index (χ3n) is 6.48. The van der Waals surface area contributed by atoms with Crippen LogP contribution in [-0.2, 0) is 20.8 Å². The second kappa shape index (κ2) is 8.41. The van der Waals surface area contributed by atoms with E-state index in [-0.39, 0.29) is 27.2 Å². The van der Waals surface area contributed by atoms with Crippen molar-refractivity contribution < 1.29 is 24.6 Å². The number of benzene rings is 2. The zero-order valence-electron chi connectivity index (χ0n) is 18.6. The van der Waals surface area contributed by atoms with Crippen molar-refractivity contribution in [2.24, 2.45) is 11.8 Å². The molecule has 2 amide bonds. The monoisotopic (exact) mass is 524 g/mol. The zero-order chi connectivity index (χ0) is 25.2. The van der Waals surface area contributed by atoms with Crippen LogP contribution in [0.25, 0.3) is 0 Å². The van der Waals surface area contributed by atoms with Gasteiger partial charge in [-0.05, 0) is 56.2 Å². The highest BCUT2D eigenvalue weighted by Gasteiger charge is 2.69. The Hall–Kier alpha value is -2.32. The lowest BCUT2D eigenvalue weighted by molar-refractivity contribution is -0.153. The molecule has 34 heavy (non-hydrogen) atoms. The minimum Gasteiger partial charge on any atom is -0.508 e. The van der Waals surface area contributed by atoms with E-state index in [1.165, 1.54) is 24.3 Å². The highest BCUT2D eigenvalue weighted by molar-refractivity contribution is 6.43. The van der Waals surface area contributed by atoms with Gasteiger partial charge in [-0.3, -0.25) is 24.6 Å². The summed E-state index contributed by atoms with van der Waals surface area (Å²) in [6.45, 7) is 5.16. The molecule has 2 heterocycles. The van der Waals surface area contributed by atoms with Crippen LogP contribution in [0.3, 0.4) is 0 Å². The summed E-state index contributed by atoms with van der Waals surface area (Å²) in [4.78, 5) is 41.3. The van der Waals surface area contributed by atoms with Gasteiger partial charge >= 0.3 is 5.97 Å². The molecular weight excluding hydrogens is 503 g/mol. The van der Waals surface area contributed by atoms with Gasteiger partial charge in [0.05, 0.1) is 21.9 Å². The molecule has 0 radical (unpaired) electrons. The second-order valence-corrected chi connectivity index (χ2v) is 10.9. The number of carboxylic acids is 1. The second-order valence-electron chi connectivity index (χ2n) is 9.72. The molecule has 2 aliphatic rings. The fraction of sp³-hybridized carbons (Fsp3) is 0.375. The molecule has 2 aromatic rings. The van der Waals surface area contributed by atoms with E-state index < -0.39 is 46.7 Å². The number of phenols is 1. The number of imide groups is 1. The SMILES string of the molecule is CC(C)(C)N1C(=O)C2C(c3cc(Cl)cc(Cl)c3Cl)NC(Cc3ccc(O)cc3)(C(=O)O)C2C1=O. The van der Waals surface area contributed by atoms with Gasteiger partial charge in [-0.25, -0.2) is 0 Å². The molecule has 2 fully saturated rings. The summed E-state index contributed by atoms with van der Waals surface area (Å²) in [7, 11) is 0. The standard InChI is InChI=1S/C24H23Cl3N2O5/c1-23(2,3)29-20(31)16-17(21(29)32)24(22(33)34,10-11-4-6-13(30)7-5-11)28-19(16)14-8-12(25)9-15(26)18(14)27/h4-9,16-17,19,28,30H,10H2,1-3H3,(H,33,34).